The summed E-state index contributed by atoms with van der Waals surface area (Å²) in [7, 11) is 0. The van der Waals surface area contributed by atoms with Gasteiger partial charge in [-0.15, -0.1) is 11.3 Å². The van der Waals surface area contributed by atoms with Gasteiger partial charge in [0, 0.05) is 12.8 Å². The summed E-state index contributed by atoms with van der Waals surface area (Å²) >= 11 is 1.43. The van der Waals surface area contributed by atoms with Crippen LogP contribution in [0.15, 0.2) is 41.8 Å². The van der Waals surface area contributed by atoms with Crippen LogP contribution < -0.4 is 5.32 Å². The SMILES string of the molecule is O=C(CCC(=O)c1cccs1)N[C@H]1CCc2ccccc21. The van der Waals surface area contributed by atoms with Crippen molar-refractivity contribution < 1.29 is 9.59 Å². The van der Waals surface area contributed by atoms with Crippen molar-refractivity contribution in [1.29, 1.82) is 0 Å². The van der Waals surface area contributed by atoms with Crippen molar-refractivity contribution in [3.8, 4) is 0 Å². The lowest BCUT2D eigenvalue weighted by Crippen LogP contribution is -2.27. The van der Waals surface area contributed by atoms with E-state index in [1.807, 2.05) is 23.6 Å². The summed E-state index contributed by atoms with van der Waals surface area (Å²) < 4.78 is 0. The van der Waals surface area contributed by atoms with Crippen LogP contribution in [-0.4, -0.2) is 11.7 Å². The van der Waals surface area contributed by atoms with E-state index >= 15 is 0 Å². The lowest BCUT2D eigenvalue weighted by atomic mass is 10.1. The van der Waals surface area contributed by atoms with E-state index in [0.29, 0.717) is 0 Å². The van der Waals surface area contributed by atoms with E-state index < -0.39 is 0 Å². The number of hydrogen-bond acceptors (Lipinski definition) is 3. The van der Waals surface area contributed by atoms with Crippen LogP contribution >= 0.6 is 11.3 Å². The van der Waals surface area contributed by atoms with Gasteiger partial charge >= 0.3 is 0 Å². The first-order valence-corrected chi connectivity index (χ1v) is 8.06. The zero-order valence-corrected chi connectivity index (χ0v) is 12.5. The second-order valence-electron chi connectivity index (χ2n) is 5.26. The Hall–Kier alpha value is -1.94. The summed E-state index contributed by atoms with van der Waals surface area (Å²) in [6, 6.07) is 12.0. The molecular formula is C17H17NO2S. The highest BCUT2D eigenvalue weighted by Gasteiger charge is 2.23. The number of amides is 1. The molecule has 1 amide bonds. The highest BCUT2D eigenvalue weighted by Crippen LogP contribution is 2.30. The molecule has 1 aliphatic carbocycles. The highest BCUT2D eigenvalue weighted by molar-refractivity contribution is 7.12. The molecule has 1 aromatic heterocycles. The van der Waals surface area contributed by atoms with Crippen LogP contribution in [0.3, 0.4) is 0 Å². The van der Waals surface area contributed by atoms with E-state index in [0.717, 1.165) is 17.7 Å². The van der Waals surface area contributed by atoms with Gasteiger partial charge in [-0.1, -0.05) is 30.3 Å². The van der Waals surface area contributed by atoms with Crippen molar-refractivity contribution >= 4 is 23.0 Å². The number of aryl methyl sites for hydroxylation is 1. The second kappa shape index (κ2) is 6.22. The van der Waals surface area contributed by atoms with E-state index in [2.05, 4.69) is 17.4 Å². The Bertz CT molecular complexity index is 649. The van der Waals surface area contributed by atoms with Crippen molar-refractivity contribution in [3.63, 3.8) is 0 Å². The third-order valence-electron chi connectivity index (χ3n) is 3.84. The average molecular weight is 299 g/mol. The van der Waals surface area contributed by atoms with Gasteiger partial charge in [0.05, 0.1) is 10.9 Å². The molecular weight excluding hydrogens is 282 g/mol. The normalized spacial score (nSPS) is 16.5. The fourth-order valence-corrected chi connectivity index (χ4v) is 3.46. The summed E-state index contributed by atoms with van der Waals surface area (Å²) in [5.74, 6) is 0.00795. The van der Waals surface area contributed by atoms with Gasteiger partial charge in [-0.2, -0.15) is 0 Å². The Morgan fingerprint density at radius 1 is 1.14 bits per heavy atom. The molecule has 21 heavy (non-hydrogen) atoms. The maximum Gasteiger partial charge on any atom is 0.220 e. The number of carbonyl (C=O) groups is 2. The minimum absolute atomic E-state index is 0.0402. The first-order chi connectivity index (χ1) is 10.2. The number of rotatable bonds is 5. The number of hydrogen-bond donors (Lipinski definition) is 1. The largest absolute Gasteiger partial charge is 0.349 e. The molecule has 0 aliphatic heterocycles. The molecule has 3 rings (SSSR count). The van der Waals surface area contributed by atoms with Crippen LogP contribution in [0.25, 0.3) is 0 Å². The van der Waals surface area contributed by atoms with Gasteiger partial charge in [-0.3, -0.25) is 9.59 Å². The van der Waals surface area contributed by atoms with Crippen LogP contribution in [0.2, 0.25) is 0 Å². The maximum absolute atomic E-state index is 12.0. The maximum atomic E-state index is 12.0. The minimum Gasteiger partial charge on any atom is -0.349 e. The number of Topliss-reactive ketones (excluding diaryl/α,β-unsaturated/α-hetero) is 1. The number of ketones is 1. The molecule has 1 N–H and O–H groups in total. The van der Waals surface area contributed by atoms with Crippen molar-refractivity contribution in [1.82, 2.24) is 5.32 Å². The molecule has 1 aromatic carbocycles. The number of carbonyl (C=O) groups excluding carboxylic acids is 2. The number of thiophene rings is 1. The number of benzene rings is 1. The highest BCUT2D eigenvalue weighted by atomic mass is 32.1. The topological polar surface area (TPSA) is 46.2 Å². The van der Waals surface area contributed by atoms with Gasteiger partial charge in [0.2, 0.25) is 5.91 Å². The molecule has 1 aliphatic rings. The molecule has 4 heteroatoms. The van der Waals surface area contributed by atoms with Gasteiger partial charge in [0.25, 0.3) is 0 Å². The molecule has 108 valence electrons. The first-order valence-electron chi connectivity index (χ1n) is 7.18. The summed E-state index contributed by atoms with van der Waals surface area (Å²) in [4.78, 5) is 24.6. The Labute approximate surface area is 128 Å². The minimum atomic E-state index is -0.0402. The van der Waals surface area contributed by atoms with Crippen LogP contribution in [0.1, 0.15) is 46.1 Å². The molecule has 0 saturated carbocycles. The lowest BCUT2D eigenvalue weighted by Gasteiger charge is -2.13. The third-order valence-corrected chi connectivity index (χ3v) is 4.75. The summed E-state index contributed by atoms with van der Waals surface area (Å²) in [6.07, 6.45) is 2.50. The molecule has 1 heterocycles. The van der Waals surface area contributed by atoms with Crippen LogP contribution in [0.4, 0.5) is 0 Å². The van der Waals surface area contributed by atoms with E-state index in [1.54, 1.807) is 6.07 Å². The Kier molecular flexibility index (Phi) is 4.15. The van der Waals surface area contributed by atoms with Gasteiger partial charge < -0.3 is 5.32 Å². The monoisotopic (exact) mass is 299 g/mol. The predicted octanol–water partition coefficient (Wildman–Crippen LogP) is 3.51. The molecule has 0 bridgehead atoms. The number of nitrogens with one attached hydrogen (secondary N) is 1. The fraction of sp³-hybridized carbons (Fsp3) is 0.294. The fourth-order valence-electron chi connectivity index (χ4n) is 2.76. The van der Waals surface area contributed by atoms with Gasteiger partial charge in [-0.25, -0.2) is 0 Å². The van der Waals surface area contributed by atoms with Gasteiger partial charge in [0.15, 0.2) is 5.78 Å². The zero-order chi connectivity index (χ0) is 14.7. The van der Waals surface area contributed by atoms with Gasteiger partial charge in [-0.05, 0) is 35.4 Å². The molecule has 1 atom stereocenters. The van der Waals surface area contributed by atoms with Crippen molar-refractivity contribution in [2.75, 3.05) is 0 Å². The van der Waals surface area contributed by atoms with Crippen LogP contribution in [0, 0.1) is 0 Å². The van der Waals surface area contributed by atoms with E-state index in [9.17, 15) is 9.59 Å². The average Bonchev–Trinajstić information content (AvgIpc) is 3.15. The Balaban J connectivity index is 1.52. The molecule has 2 aromatic rings. The van der Waals surface area contributed by atoms with E-state index in [-0.39, 0.29) is 30.6 Å². The van der Waals surface area contributed by atoms with Gasteiger partial charge in [0.1, 0.15) is 0 Å². The molecule has 0 saturated heterocycles. The smallest absolute Gasteiger partial charge is 0.220 e. The zero-order valence-electron chi connectivity index (χ0n) is 11.7. The second-order valence-corrected chi connectivity index (χ2v) is 6.21. The van der Waals surface area contributed by atoms with Crippen LogP contribution in [-0.2, 0) is 11.2 Å². The first kappa shape index (κ1) is 14.0. The summed E-state index contributed by atoms with van der Waals surface area (Å²) in [5, 5.41) is 4.93. The van der Waals surface area contributed by atoms with Crippen molar-refractivity contribution in [2.24, 2.45) is 0 Å². The third kappa shape index (κ3) is 3.22. The van der Waals surface area contributed by atoms with E-state index in [4.69, 9.17) is 0 Å². The lowest BCUT2D eigenvalue weighted by molar-refractivity contribution is -0.121. The molecule has 0 fully saturated rings. The Morgan fingerprint density at radius 2 is 2.00 bits per heavy atom. The van der Waals surface area contributed by atoms with Crippen molar-refractivity contribution in [2.45, 2.75) is 31.7 Å². The predicted molar refractivity (Wildman–Crippen MR) is 83.5 cm³/mol. The summed E-state index contributed by atoms with van der Waals surface area (Å²) in [6.45, 7) is 0. The molecule has 0 radical (unpaired) electrons. The van der Waals surface area contributed by atoms with Crippen LogP contribution in [0.5, 0.6) is 0 Å². The molecule has 0 unspecified atom stereocenters. The standard InChI is InChI=1S/C17H17NO2S/c19-15(16-6-3-11-21-16)9-10-17(20)18-14-8-7-12-4-1-2-5-13(12)14/h1-6,11,14H,7-10H2,(H,18,20)/t14-/m0/s1. The van der Waals surface area contributed by atoms with E-state index in [1.165, 1.54) is 22.5 Å². The molecule has 3 nitrogen and oxygen atoms in total. The number of fused-ring (bicyclic) bond motifs is 1. The Morgan fingerprint density at radius 3 is 2.81 bits per heavy atom. The molecule has 0 spiro atoms. The van der Waals surface area contributed by atoms with Crippen molar-refractivity contribution in [3.05, 3.63) is 57.8 Å². The quantitative estimate of drug-likeness (QED) is 0.859. The summed E-state index contributed by atoms with van der Waals surface area (Å²) in [5.41, 5.74) is 2.54.